The van der Waals surface area contributed by atoms with Gasteiger partial charge in [-0.15, -0.1) is 0 Å². The summed E-state index contributed by atoms with van der Waals surface area (Å²) in [6.45, 7) is 7.68. The highest BCUT2D eigenvalue weighted by molar-refractivity contribution is 7.92. The summed E-state index contributed by atoms with van der Waals surface area (Å²) in [6, 6.07) is 0.108. The van der Waals surface area contributed by atoms with Gasteiger partial charge in [0.15, 0.2) is 9.84 Å². The van der Waals surface area contributed by atoms with Crippen molar-refractivity contribution in [2.45, 2.75) is 51.3 Å². The fourth-order valence-corrected chi connectivity index (χ4v) is 5.75. The van der Waals surface area contributed by atoms with Crippen LogP contribution in [-0.4, -0.2) is 45.7 Å². The van der Waals surface area contributed by atoms with Gasteiger partial charge in [0, 0.05) is 19.8 Å². The van der Waals surface area contributed by atoms with Crippen molar-refractivity contribution >= 4 is 9.84 Å². The van der Waals surface area contributed by atoms with Gasteiger partial charge in [-0.3, -0.25) is 0 Å². The minimum absolute atomic E-state index is 0.108. The molecule has 0 amide bonds. The number of hydrogen-bond acceptors (Lipinski definition) is 4. The molecule has 0 aromatic rings. The molecule has 5 heteroatoms. The maximum atomic E-state index is 12.6. The minimum atomic E-state index is -3.04. The van der Waals surface area contributed by atoms with Crippen molar-refractivity contribution in [3.8, 4) is 0 Å². The number of nitrogens with one attached hydrogen (secondary N) is 1. The Morgan fingerprint density at radius 1 is 1.26 bits per heavy atom. The molecule has 1 saturated carbocycles. The molecule has 114 valence electrons. The van der Waals surface area contributed by atoms with E-state index in [2.05, 4.69) is 19.2 Å². The van der Waals surface area contributed by atoms with E-state index in [1.807, 2.05) is 6.92 Å². The monoisotopic (exact) mass is 291 g/mol. The molecule has 0 aromatic carbocycles. The SMILES string of the molecule is CCNC1CC(C)CC(C)C1S(=O)(=O)CCCOC. The zero-order valence-electron chi connectivity index (χ0n) is 12.7. The Bertz CT molecular complexity index is 356. The lowest BCUT2D eigenvalue weighted by atomic mass is 9.80. The van der Waals surface area contributed by atoms with E-state index in [0.29, 0.717) is 18.9 Å². The molecule has 1 rings (SSSR count). The van der Waals surface area contributed by atoms with Crippen LogP contribution >= 0.6 is 0 Å². The fourth-order valence-electron chi connectivity index (χ4n) is 3.44. The van der Waals surface area contributed by atoms with Crippen LogP contribution in [0.2, 0.25) is 0 Å². The van der Waals surface area contributed by atoms with Crippen LogP contribution in [0.4, 0.5) is 0 Å². The smallest absolute Gasteiger partial charge is 0.155 e. The van der Waals surface area contributed by atoms with Crippen molar-refractivity contribution in [2.24, 2.45) is 11.8 Å². The van der Waals surface area contributed by atoms with Crippen LogP contribution < -0.4 is 5.32 Å². The van der Waals surface area contributed by atoms with Crippen LogP contribution in [0.3, 0.4) is 0 Å². The average molecular weight is 291 g/mol. The van der Waals surface area contributed by atoms with Gasteiger partial charge in [-0.1, -0.05) is 20.8 Å². The van der Waals surface area contributed by atoms with Gasteiger partial charge < -0.3 is 10.1 Å². The van der Waals surface area contributed by atoms with Gasteiger partial charge >= 0.3 is 0 Å². The lowest BCUT2D eigenvalue weighted by Gasteiger charge is -2.39. The van der Waals surface area contributed by atoms with Crippen molar-refractivity contribution < 1.29 is 13.2 Å². The number of ether oxygens (including phenoxy) is 1. The summed E-state index contributed by atoms with van der Waals surface area (Å²) in [4.78, 5) is 0. The fraction of sp³-hybridized carbons (Fsp3) is 1.00. The van der Waals surface area contributed by atoms with E-state index in [-0.39, 0.29) is 23.0 Å². The third-order valence-electron chi connectivity index (χ3n) is 4.05. The Morgan fingerprint density at radius 3 is 2.53 bits per heavy atom. The number of methoxy groups -OCH3 is 1. The second-order valence-corrected chi connectivity index (χ2v) is 8.17. The first-order valence-corrected chi connectivity index (χ1v) is 9.07. The van der Waals surface area contributed by atoms with E-state index in [9.17, 15) is 8.42 Å². The molecule has 0 bridgehead atoms. The van der Waals surface area contributed by atoms with E-state index in [4.69, 9.17) is 4.74 Å². The van der Waals surface area contributed by atoms with Gasteiger partial charge in [0.1, 0.15) is 0 Å². The van der Waals surface area contributed by atoms with E-state index < -0.39 is 9.84 Å². The first-order chi connectivity index (χ1) is 8.92. The van der Waals surface area contributed by atoms with Gasteiger partial charge in [-0.2, -0.15) is 0 Å². The Kier molecular flexibility index (Phi) is 6.77. The average Bonchev–Trinajstić information content (AvgIpc) is 2.28. The van der Waals surface area contributed by atoms with Crippen LogP contribution in [0.5, 0.6) is 0 Å². The molecule has 0 heterocycles. The molecule has 0 saturated heterocycles. The Morgan fingerprint density at radius 2 is 1.95 bits per heavy atom. The molecular formula is C14H29NO3S. The third kappa shape index (κ3) is 4.72. The Balaban J connectivity index is 2.79. The van der Waals surface area contributed by atoms with Gasteiger partial charge in [0.2, 0.25) is 0 Å². The molecule has 19 heavy (non-hydrogen) atoms. The molecule has 1 fully saturated rings. The lowest BCUT2D eigenvalue weighted by Crippen LogP contribution is -2.52. The third-order valence-corrected chi connectivity index (χ3v) is 6.53. The van der Waals surface area contributed by atoms with E-state index in [1.165, 1.54) is 0 Å². The van der Waals surface area contributed by atoms with Gasteiger partial charge in [-0.05, 0) is 37.6 Å². The van der Waals surface area contributed by atoms with Crippen LogP contribution in [0, 0.1) is 11.8 Å². The summed E-state index contributed by atoms with van der Waals surface area (Å²) in [7, 11) is -1.43. The molecule has 4 atom stereocenters. The Labute approximate surface area is 118 Å². The Hall–Kier alpha value is -0.130. The molecule has 1 aliphatic carbocycles. The molecule has 1 N–H and O–H groups in total. The summed E-state index contributed by atoms with van der Waals surface area (Å²) >= 11 is 0. The molecule has 0 aromatic heterocycles. The summed E-state index contributed by atoms with van der Waals surface area (Å²) in [5.74, 6) is 1.08. The summed E-state index contributed by atoms with van der Waals surface area (Å²) in [5.41, 5.74) is 0. The minimum Gasteiger partial charge on any atom is -0.385 e. The van der Waals surface area contributed by atoms with Crippen molar-refractivity contribution in [3.05, 3.63) is 0 Å². The molecule has 1 aliphatic rings. The lowest BCUT2D eigenvalue weighted by molar-refractivity contribution is 0.199. The van der Waals surface area contributed by atoms with E-state index >= 15 is 0 Å². The van der Waals surface area contributed by atoms with Crippen molar-refractivity contribution in [3.63, 3.8) is 0 Å². The second-order valence-electron chi connectivity index (χ2n) is 5.90. The quantitative estimate of drug-likeness (QED) is 0.727. The van der Waals surface area contributed by atoms with Gasteiger partial charge in [-0.25, -0.2) is 8.42 Å². The highest BCUT2D eigenvalue weighted by Crippen LogP contribution is 2.33. The van der Waals surface area contributed by atoms with Crippen molar-refractivity contribution in [1.82, 2.24) is 5.32 Å². The highest BCUT2D eigenvalue weighted by Gasteiger charge is 2.41. The zero-order chi connectivity index (χ0) is 14.5. The molecule has 0 aliphatic heterocycles. The van der Waals surface area contributed by atoms with Crippen molar-refractivity contribution in [2.75, 3.05) is 26.0 Å². The first-order valence-electron chi connectivity index (χ1n) is 7.36. The number of hydrogen-bond donors (Lipinski definition) is 1. The molecule has 4 unspecified atom stereocenters. The maximum Gasteiger partial charge on any atom is 0.155 e. The zero-order valence-corrected chi connectivity index (χ0v) is 13.5. The predicted molar refractivity (Wildman–Crippen MR) is 79.1 cm³/mol. The molecule has 0 radical (unpaired) electrons. The molecular weight excluding hydrogens is 262 g/mol. The summed E-state index contributed by atoms with van der Waals surface area (Å²) < 4.78 is 30.1. The largest absolute Gasteiger partial charge is 0.385 e. The van der Waals surface area contributed by atoms with E-state index in [1.54, 1.807) is 7.11 Å². The van der Waals surface area contributed by atoms with Crippen LogP contribution in [0.15, 0.2) is 0 Å². The topological polar surface area (TPSA) is 55.4 Å². The molecule has 0 spiro atoms. The normalized spacial score (nSPS) is 32.4. The second kappa shape index (κ2) is 7.60. The first kappa shape index (κ1) is 16.9. The maximum absolute atomic E-state index is 12.6. The standard InChI is InChI=1S/C14H29NO3S/c1-5-15-13-10-11(2)9-12(3)14(13)19(16,17)8-6-7-18-4/h11-15H,5-10H2,1-4H3. The summed E-state index contributed by atoms with van der Waals surface area (Å²) in [5, 5.41) is 3.15. The number of rotatable bonds is 7. The van der Waals surface area contributed by atoms with Crippen LogP contribution in [0.1, 0.15) is 40.0 Å². The summed E-state index contributed by atoms with van der Waals surface area (Å²) in [6.07, 6.45) is 2.57. The van der Waals surface area contributed by atoms with Crippen LogP contribution in [0.25, 0.3) is 0 Å². The van der Waals surface area contributed by atoms with Gasteiger partial charge in [0.25, 0.3) is 0 Å². The predicted octanol–water partition coefficient (Wildman–Crippen LogP) is 1.85. The highest BCUT2D eigenvalue weighted by atomic mass is 32.2. The number of sulfone groups is 1. The van der Waals surface area contributed by atoms with E-state index in [0.717, 1.165) is 19.4 Å². The van der Waals surface area contributed by atoms with Crippen molar-refractivity contribution in [1.29, 1.82) is 0 Å². The van der Waals surface area contributed by atoms with Crippen LogP contribution in [-0.2, 0) is 14.6 Å². The molecule has 4 nitrogen and oxygen atoms in total. The van der Waals surface area contributed by atoms with Gasteiger partial charge in [0.05, 0.1) is 11.0 Å².